The van der Waals surface area contributed by atoms with Crippen molar-refractivity contribution < 1.29 is 0 Å². The van der Waals surface area contributed by atoms with E-state index in [-0.39, 0.29) is 0 Å². The van der Waals surface area contributed by atoms with E-state index < -0.39 is 0 Å². The summed E-state index contributed by atoms with van der Waals surface area (Å²) in [6, 6.07) is 4.17. The topological polar surface area (TPSA) is 28.2 Å². The van der Waals surface area contributed by atoms with Gasteiger partial charge in [-0.3, -0.25) is 4.98 Å². The molecule has 1 aliphatic rings. The van der Waals surface area contributed by atoms with Gasteiger partial charge in [-0.15, -0.1) is 0 Å². The molecule has 1 aromatic heterocycles. The molecule has 0 spiro atoms. The molecule has 1 aliphatic heterocycles. The lowest BCUT2D eigenvalue weighted by Crippen LogP contribution is -2.25. The van der Waals surface area contributed by atoms with Crippen LogP contribution in [0.15, 0.2) is 24.5 Å². The summed E-state index contributed by atoms with van der Waals surface area (Å²) >= 11 is 0. The molecule has 0 radical (unpaired) electrons. The van der Waals surface area contributed by atoms with Crippen molar-refractivity contribution in [3.63, 3.8) is 0 Å². The summed E-state index contributed by atoms with van der Waals surface area (Å²) in [5.74, 6) is 0. The number of hydrogen-bond acceptors (Lipinski definition) is 3. The Kier molecular flexibility index (Phi) is 6.17. The molecule has 1 saturated heterocycles. The highest BCUT2D eigenvalue weighted by molar-refractivity contribution is 5.08. The highest BCUT2D eigenvalue weighted by atomic mass is 15.1. The highest BCUT2D eigenvalue weighted by Gasteiger charge is 2.09. The van der Waals surface area contributed by atoms with Gasteiger partial charge in [-0.2, -0.15) is 0 Å². The van der Waals surface area contributed by atoms with E-state index in [4.69, 9.17) is 0 Å². The average Bonchev–Trinajstić information content (AvgIpc) is 2.92. The Labute approximate surface area is 111 Å². The maximum absolute atomic E-state index is 4.13. The number of aromatic nitrogens is 1. The Hall–Kier alpha value is -0.930. The summed E-state index contributed by atoms with van der Waals surface area (Å²) in [4.78, 5) is 6.71. The minimum Gasteiger partial charge on any atom is -0.317 e. The van der Waals surface area contributed by atoms with E-state index in [0.29, 0.717) is 0 Å². The molecule has 2 rings (SSSR count). The van der Waals surface area contributed by atoms with Crippen molar-refractivity contribution in [1.29, 1.82) is 0 Å². The molecule has 0 atom stereocenters. The Morgan fingerprint density at radius 2 is 2.00 bits per heavy atom. The number of likely N-dealkylation sites (tertiary alicyclic amines) is 1. The molecule has 2 heterocycles. The Balaban J connectivity index is 1.42. The largest absolute Gasteiger partial charge is 0.317 e. The van der Waals surface area contributed by atoms with Crippen molar-refractivity contribution in [3.05, 3.63) is 30.1 Å². The highest BCUT2D eigenvalue weighted by Crippen LogP contribution is 2.06. The van der Waals surface area contributed by atoms with Crippen LogP contribution in [-0.4, -0.2) is 42.6 Å². The van der Waals surface area contributed by atoms with Crippen LogP contribution >= 0.6 is 0 Å². The molecule has 1 N–H and O–H groups in total. The van der Waals surface area contributed by atoms with Gasteiger partial charge >= 0.3 is 0 Å². The third-order valence-corrected chi connectivity index (χ3v) is 3.57. The Morgan fingerprint density at radius 1 is 1.17 bits per heavy atom. The monoisotopic (exact) mass is 247 g/mol. The van der Waals surface area contributed by atoms with Crippen LogP contribution < -0.4 is 5.32 Å². The number of hydrogen-bond donors (Lipinski definition) is 1. The lowest BCUT2D eigenvalue weighted by molar-refractivity contribution is 0.331. The van der Waals surface area contributed by atoms with Gasteiger partial charge in [-0.1, -0.05) is 6.07 Å². The van der Waals surface area contributed by atoms with Crippen LogP contribution in [0.1, 0.15) is 31.2 Å². The van der Waals surface area contributed by atoms with Crippen LogP contribution in [-0.2, 0) is 6.42 Å². The summed E-state index contributed by atoms with van der Waals surface area (Å²) in [5.41, 5.74) is 1.34. The lowest BCUT2D eigenvalue weighted by Gasteiger charge is -2.14. The number of nitrogens with one attached hydrogen (secondary N) is 1. The second-order valence-corrected chi connectivity index (χ2v) is 5.12. The molecular weight excluding hydrogens is 222 g/mol. The smallest absolute Gasteiger partial charge is 0.0299 e. The predicted octanol–water partition coefficient (Wildman–Crippen LogP) is 2.09. The Morgan fingerprint density at radius 3 is 2.78 bits per heavy atom. The maximum atomic E-state index is 4.13. The summed E-state index contributed by atoms with van der Waals surface area (Å²) in [6.07, 6.45) is 10.2. The van der Waals surface area contributed by atoms with Crippen LogP contribution in [0.3, 0.4) is 0 Å². The number of rotatable bonds is 8. The van der Waals surface area contributed by atoms with Crippen LogP contribution in [0.5, 0.6) is 0 Å². The molecule has 100 valence electrons. The first kappa shape index (κ1) is 13.5. The van der Waals surface area contributed by atoms with Crippen molar-refractivity contribution in [2.75, 3.05) is 32.7 Å². The van der Waals surface area contributed by atoms with Crippen molar-refractivity contribution in [1.82, 2.24) is 15.2 Å². The molecule has 1 aromatic rings. The summed E-state index contributed by atoms with van der Waals surface area (Å²) in [7, 11) is 0. The van der Waals surface area contributed by atoms with E-state index in [1.165, 1.54) is 50.9 Å². The van der Waals surface area contributed by atoms with E-state index in [1.807, 2.05) is 18.5 Å². The predicted molar refractivity (Wildman–Crippen MR) is 75.7 cm³/mol. The molecular formula is C15H25N3. The number of nitrogens with zero attached hydrogens (tertiary/aromatic N) is 2. The van der Waals surface area contributed by atoms with Crippen LogP contribution in [0.25, 0.3) is 0 Å². The van der Waals surface area contributed by atoms with E-state index in [1.54, 1.807) is 0 Å². The SMILES string of the molecule is c1cncc(CCCNCCCN2CCCC2)c1. The van der Waals surface area contributed by atoms with Crippen molar-refractivity contribution in [2.45, 2.75) is 32.1 Å². The van der Waals surface area contributed by atoms with Gasteiger partial charge < -0.3 is 10.2 Å². The molecule has 0 saturated carbocycles. The van der Waals surface area contributed by atoms with E-state index in [2.05, 4.69) is 21.3 Å². The summed E-state index contributed by atoms with van der Waals surface area (Å²) in [6.45, 7) is 6.19. The van der Waals surface area contributed by atoms with Gasteiger partial charge in [0.15, 0.2) is 0 Å². The third kappa shape index (κ3) is 5.15. The van der Waals surface area contributed by atoms with Crippen molar-refractivity contribution in [3.8, 4) is 0 Å². The number of pyridine rings is 1. The molecule has 0 amide bonds. The second kappa shape index (κ2) is 8.22. The molecule has 1 fully saturated rings. The number of aryl methyl sites for hydroxylation is 1. The second-order valence-electron chi connectivity index (χ2n) is 5.12. The zero-order valence-corrected chi connectivity index (χ0v) is 11.3. The summed E-state index contributed by atoms with van der Waals surface area (Å²) < 4.78 is 0. The van der Waals surface area contributed by atoms with Crippen LogP contribution in [0.2, 0.25) is 0 Å². The van der Waals surface area contributed by atoms with Gasteiger partial charge in [-0.25, -0.2) is 0 Å². The molecule has 18 heavy (non-hydrogen) atoms. The summed E-state index contributed by atoms with van der Waals surface area (Å²) in [5, 5.41) is 3.53. The zero-order chi connectivity index (χ0) is 12.5. The van der Waals surface area contributed by atoms with E-state index in [0.717, 1.165) is 19.5 Å². The average molecular weight is 247 g/mol. The molecule has 0 bridgehead atoms. The fourth-order valence-corrected chi connectivity index (χ4v) is 2.52. The fourth-order valence-electron chi connectivity index (χ4n) is 2.52. The maximum Gasteiger partial charge on any atom is 0.0299 e. The zero-order valence-electron chi connectivity index (χ0n) is 11.3. The van der Waals surface area contributed by atoms with E-state index in [9.17, 15) is 0 Å². The van der Waals surface area contributed by atoms with Gasteiger partial charge in [0.1, 0.15) is 0 Å². The molecule has 3 nitrogen and oxygen atoms in total. The van der Waals surface area contributed by atoms with Gasteiger partial charge in [-0.05, 0) is 76.5 Å². The fraction of sp³-hybridized carbons (Fsp3) is 0.667. The third-order valence-electron chi connectivity index (χ3n) is 3.57. The lowest BCUT2D eigenvalue weighted by atomic mass is 10.1. The molecule has 0 unspecified atom stereocenters. The van der Waals surface area contributed by atoms with Gasteiger partial charge in [0.05, 0.1) is 0 Å². The van der Waals surface area contributed by atoms with Gasteiger partial charge in [0.25, 0.3) is 0 Å². The first-order valence-corrected chi connectivity index (χ1v) is 7.27. The quantitative estimate of drug-likeness (QED) is 0.713. The van der Waals surface area contributed by atoms with Crippen LogP contribution in [0, 0.1) is 0 Å². The van der Waals surface area contributed by atoms with Gasteiger partial charge in [0, 0.05) is 12.4 Å². The first-order valence-electron chi connectivity index (χ1n) is 7.27. The minimum absolute atomic E-state index is 1.12. The standard InChI is InChI=1S/C15H25N3/c1-2-12-18(11-1)13-5-10-16-8-3-6-15-7-4-9-17-14-15/h4,7,9,14,16H,1-3,5-6,8,10-13H2. The molecule has 3 heteroatoms. The molecule has 0 aliphatic carbocycles. The normalized spacial score (nSPS) is 16.2. The van der Waals surface area contributed by atoms with Gasteiger partial charge in [0.2, 0.25) is 0 Å². The first-order chi connectivity index (χ1) is 8.95. The van der Waals surface area contributed by atoms with Crippen LogP contribution in [0.4, 0.5) is 0 Å². The van der Waals surface area contributed by atoms with Crippen molar-refractivity contribution in [2.24, 2.45) is 0 Å². The Bertz CT molecular complexity index is 307. The van der Waals surface area contributed by atoms with Crippen molar-refractivity contribution >= 4 is 0 Å². The van der Waals surface area contributed by atoms with E-state index >= 15 is 0 Å². The molecule has 0 aromatic carbocycles. The minimum atomic E-state index is 1.12.